The van der Waals surface area contributed by atoms with Crippen molar-refractivity contribution in [3.63, 3.8) is 0 Å². The Kier molecular flexibility index (Phi) is 4.84. The molecule has 18 heavy (non-hydrogen) atoms. The standard InChI is InChI=1S/C13H17N4O/c18-11-5-4-10-17-13(14-15-16-17)9-8-12-6-2-1-3-7-12/h1-3,6-7H,4-5,8-11H2. The average molecular weight is 245 g/mol. The van der Waals surface area contributed by atoms with E-state index in [-0.39, 0.29) is 6.61 Å². The van der Waals surface area contributed by atoms with Gasteiger partial charge in [0.1, 0.15) is 0 Å². The van der Waals surface area contributed by atoms with Crippen molar-refractivity contribution >= 4 is 0 Å². The lowest BCUT2D eigenvalue weighted by Gasteiger charge is -2.03. The second kappa shape index (κ2) is 6.86. The molecule has 5 heteroatoms. The first-order valence-corrected chi connectivity index (χ1v) is 6.27. The highest BCUT2D eigenvalue weighted by Crippen LogP contribution is 2.05. The Labute approximate surface area is 106 Å². The Bertz CT molecular complexity index is 455. The molecule has 0 N–H and O–H groups in total. The summed E-state index contributed by atoms with van der Waals surface area (Å²) in [6.07, 6.45) is 3.28. The number of tetrazole rings is 1. The summed E-state index contributed by atoms with van der Waals surface area (Å²) >= 11 is 0. The molecule has 0 amide bonds. The lowest BCUT2D eigenvalue weighted by atomic mass is 10.1. The molecule has 1 aromatic heterocycles. The second-order valence-corrected chi connectivity index (χ2v) is 4.22. The summed E-state index contributed by atoms with van der Waals surface area (Å²) in [4.78, 5) is 0. The Morgan fingerprint density at radius 2 is 1.89 bits per heavy atom. The van der Waals surface area contributed by atoms with Gasteiger partial charge in [0.2, 0.25) is 0 Å². The third kappa shape index (κ3) is 3.63. The molecule has 0 aliphatic rings. The van der Waals surface area contributed by atoms with Crippen LogP contribution in [0.5, 0.6) is 0 Å². The molecule has 1 aromatic carbocycles. The molecule has 0 saturated carbocycles. The van der Waals surface area contributed by atoms with Gasteiger partial charge in [-0.3, -0.25) is 0 Å². The van der Waals surface area contributed by atoms with Crippen molar-refractivity contribution in [1.82, 2.24) is 20.2 Å². The molecular weight excluding hydrogens is 228 g/mol. The molecule has 0 bridgehead atoms. The maximum atomic E-state index is 10.4. The Morgan fingerprint density at radius 1 is 1.06 bits per heavy atom. The molecule has 0 atom stereocenters. The maximum absolute atomic E-state index is 10.4. The molecule has 0 unspecified atom stereocenters. The van der Waals surface area contributed by atoms with Gasteiger partial charge >= 0.3 is 0 Å². The van der Waals surface area contributed by atoms with Gasteiger partial charge in [0, 0.05) is 13.0 Å². The fourth-order valence-electron chi connectivity index (χ4n) is 1.84. The zero-order valence-electron chi connectivity index (χ0n) is 10.3. The van der Waals surface area contributed by atoms with Gasteiger partial charge < -0.3 is 0 Å². The van der Waals surface area contributed by atoms with Crippen LogP contribution in [0.1, 0.15) is 24.2 Å². The van der Waals surface area contributed by atoms with Crippen molar-refractivity contribution in [2.75, 3.05) is 6.61 Å². The van der Waals surface area contributed by atoms with Crippen molar-refractivity contribution in [2.45, 2.75) is 32.2 Å². The van der Waals surface area contributed by atoms with Gasteiger partial charge in [-0.05, 0) is 35.3 Å². The van der Waals surface area contributed by atoms with E-state index in [1.165, 1.54) is 5.56 Å². The van der Waals surface area contributed by atoms with Crippen molar-refractivity contribution < 1.29 is 5.11 Å². The number of unbranched alkanes of at least 4 members (excludes halogenated alkanes) is 1. The molecule has 0 fully saturated rings. The molecule has 0 aliphatic heterocycles. The van der Waals surface area contributed by atoms with Crippen LogP contribution in [0.2, 0.25) is 0 Å². The topological polar surface area (TPSA) is 63.5 Å². The summed E-state index contributed by atoms with van der Waals surface area (Å²) in [5, 5.41) is 22.1. The van der Waals surface area contributed by atoms with Crippen molar-refractivity contribution in [1.29, 1.82) is 0 Å². The van der Waals surface area contributed by atoms with Crippen LogP contribution in [0.4, 0.5) is 0 Å². The molecule has 0 spiro atoms. The van der Waals surface area contributed by atoms with E-state index < -0.39 is 0 Å². The summed E-state index contributed by atoms with van der Waals surface area (Å²) in [7, 11) is 0. The van der Waals surface area contributed by atoms with E-state index in [1.807, 2.05) is 18.2 Å². The summed E-state index contributed by atoms with van der Waals surface area (Å²) in [5.41, 5.74) is 1.28. The minimum Gasteiger partial charge on any atom is -0.237 e. The van der Waals surface area contributed by atoms with E-state index in [2.05, 4.69) is 27.7 Å². The molecule has 5 nitrogen and oxygen atoms in total. The van der Waals surface area contributed by atoms with Gasteiger partial charge in [0.25, 0.3) is 0 Å². The molecule has 0 saturated heterocycles. The van der Waals surface area contributed by atoms with E-state index in [4.69, 9.17) is 0 Å². The van der Waals surface area contributed by atoms with Crippen molar-refractivity contribution in [3.05, 3.63) is 41.7 Å². The zero-order valence-corrected chi connectivity index (χ0v) is 10.3. The van der Waals surface area contributed by atoms with Gasteiger partial charge in [-0.2, -0.15) is 0 Å². The first kappa shape index (κ1) is 12.7. The van der Waals surface area contributed by atoms with Crippen molar-refractivity contribution in [3.8, 4) is 0 Å². The van der Waals surface area contributed by atoms with Gasteiger partial charge in [0.15, 0.2) is 5.82 Å². The number of aromatic nitrogens is 4. The van der Waals surface area contributed by atoms with Crippen LogP contribution >= 0.6 is 0 Å². The molecule has 1 heterocycles. The average Bonchev–Trinajstić information content (AvgIpc) is 2.86. The van der Waals surface area contributed by atoms with Crippen LogP contribution in [-0.4, -0.2) is 26.8 Å². The minimum atomic E-state index is -0.0263. The smallest absolute Gasteiger partial charge is 0.151 e. The number of hydrogen-bond donors (Lipinski definition) is 0. The summed E-state index contributed by atoms with van der Waals surface area (Å²) in [6.45, 7) is 0.709. The highest BCUT2D eigenvalue weighted by molar-refractivity contribution is 5.15. The van der Waals surface area contributed by atoms with E-state index >= 15 is 0 Å². The quantitative estimate of drug-likeness (QED) is 0.697. The lowest BCUT2D eigenvalue weighted by molar-refractivity contribution is 0.184. The Morgan fingerprint density at radius 3 is 2.67 bits per heavy atom. The first-order chi connectivity index (χ1) is 8.90. The molecular formula is C13H17N4O. The number of benzene rings is 1. The molecule has 1 radical (unpaired) electrons. The molecule has 0 aliphatic carbocycles. The zero-order chi connectivity index (χ0) is 12.6. The summed E-state index contributed by atoms with van der Waals surface area (Å²) < 4.78 is 1.80. The fourth-order valence-corrected chi connectivity index (χ4v) is 1.84. The summed E-state index contributed by atoms with van der Waals surface area (Å²) in [5.74, 6) is 0.893. The number of hydrogen-bond acceptors (Lipinski definition) is 3. The fraction of sp³-hybridized carbons (Fsp3) is 0.462. The van der Waals surface area contributed by atoms with Crippen LogP contribution in [0.15, 0.2) is 30.3 Å². The van der Waals surface area contributed by atoms with Crippen LogP contribution in [-0.2, 0) is 24.5 Å². The SMILES string of the molecule is [O]CCCCn1nnnc1CCc1ccccc1. The largest absolute Gasteiger partial charge is 0.237 e. The number of aryl methyl sites for hydroxylation is 3. The minimum absolute atomic E-state index is 0.0263. The molecule has 95 valence electrons. The normalized spacial score (nSPS) is 10.7. The molecule has 2 rings (SSSR count). The van der Waals surface area contributed by atoms with Crippen LogP contribution in [0.25, 0.3) is 0 Å². The number of nitrogens with zero attached hydrogens (tertiary/aromatic N) is 4. The monoisotopic (exact) mass is 245 g/mol. The highest BCUT2D eigenvalue weighted by Gasteiger charge is 2.05. The Hall–Kier alpha value is -1.75. The first-order valence-electron chi connectivity index (χ1n) is 6.27. The van der Waals surface area contributed by atoms with E-state index in [0.29, 0.717) is 6.42 Å². The predicted molar refractivity (Wildman–Crippen MR) is 66.5 cm³/mol. The maximum Gasteiger partial charge on any atom is 0.151 e. The third-order valence-corrected chi connectivity index (χ3v) is 2.85. The van der Waals surface area contributed by atoms with Crippen LogP contribution in [0, 0.1) is 0 Å². The van der Waals surface area contributed by atoms with Gasteiger partial charge in [-0.1, -0.05) is 30.3 Å². The van der Waals surface area contributed by atoms with Gasteiger partial charge in [-0.15, -0.1) is 5.10 Å². The lowest BCUT2D eigenvalue weighted by Crippen LogP contribution is -2.07. The van der Waals surface area contributed by atoms with E-state index in [1.54, 1.807) is 4.68 Å². The predicted octanol–water partition coefficient (Wildman–Crippen LogP) is 1.67. The van der Waals surface area contributed by atoms with Crippen LogP contribution < -0.4 is 0 Å². The molecule has 2 aromatic rings. The van der Waals surface area contributed by atoms with Crippen molar-refractivity contribution in [2.24, 2.45) is 0 Å². The highest BCUT2D eigenvalue weighted by atomic mass is 16.2. The van der Waals surface area contributed by atoms with Crippen LogP contribution in [0.3, 0.4) is 0 Å². The van der Waals surface area contributed by atoms with E-state index in [0.717, 1.165) is 31.6 Å². The number of rotatable bonds is 7. The van der Waals surface area contributed by atoms with Gasteiger partial charge in [-0.25, -0.2) is 9.79 Å². The van der Waals surface area contributed by atoms with E-state index in [9.17, 15) is 5.11 Å². The van der Waals surface area contributed by atoms with Gasteiger partial charge in [0.05, 0.1) is 6.61 Å². The second-order valence-electron chi connectivity index (χ2n) is 4.22. The third-order valence-electron chi connectivity index (χ3n) is 2.85. The Balaban J connectivity index is 1.87. The summed E-state index contributed by atoms with van der Waals surface area (Å²) in [6, 6.07) is 10.3.